The van der Waals surface area contributed by atoms with Gasteiger partial charge in [-0.2, -0.15) is 5.10 Å². The third kappa shape index (κ3) is 2.04. The van der Waals surface area contributed by atoms with Gasteiger partial charge in [-0.1, -0.05) is 6.08 Å². The monoisotopic (exact) mass is 230 g/mol. The maximum atomic E-state index is 9.67. The van der Waals surface area contributed by atoms with Gasteiger partial charge in [-0.15, -0.1) is 0 Å². The number of aliphatic hydroxyl groups excluding tert-OH is 1. The van der Waals surface area contributed by atoms with Crippen molar-refractivity contribution in [2.75, 3.05) is 0 Å². The Morgan fingerprint density at radius 2 is 2.24 bits per heavy atom. The molecule has 0 saturated carbocycles. The SMILES string of the molecule is CC=c1c(-n2cncn2)cc(C)nc1=C(C)O. The lowest BCUT2D eigenvalue weighted by Gasteiger charge is -2.04. The Labute approximate surface area is 98.8 Å². The van der Waals surface area contributed by atoms with Crippen molar-refractivity contribution in [2.45, 2.75) is 20.8 Å². The lowest BCUT2D eigenvalue weighted by molar-refractivity contribution is 0.495. The minimum absolute atomic E-state index is 0.197. The molecule has 2 aromatic heterocycles. The first-order chi connectivity index (χ1) is 8.13. The molecule has 0 saturated heterocycles. The highest BCUT2D eigenvalue weighted by molar-refractivity contribution is 5.43. The van der Waals surface area contributed by atoms with Gasteiger partial charge >= 0.3 is 0 Å². The third-order valence-electron chi connectivity index (χ3n) is 2.46. The molecule has 17 heavy (non-hydrogen) atoms. The summed E-state index contributed by atoms with van der Waals surface area (Å²) < 4.78 is 1.66. The van der Waals surface area contributed by atoms with Gasteiger partial charge < -0.3 is 5.11 Å². The standard InChI is InChI=1S/C12H14N4O/c1-4-10-11(16-7-13-6-14-16)5-8(2)15-12(10)9(3)17/h4-7,17H,1-3H3. The minimum Gasteiger partial charge on any atom is -0.510 e. The van der Waals surface area contributed by atoms with Crippen LogP contribution in [0.3, 0.4) is 0 Å². The number of nitrogens with zero attached hydrogens (tertiary/aromatic N) is 4. The topological polar surface area (TPSA) is 63.8 Å². The van der Waals surface area contributed by atoms with Crippen molar-refractivity contribution in [3.8, 4) is 5.69 Å². The molecule has 0 bridgehead atoms. The summed E-state index contributed by atoms with van der Waals surface area (Å²) in [5.41, 5.74) is 1.69. The van der Waals surface area contributed by atoms with Gasteiger partial charge in [-0.25, -0.2) is 14.6 Å². The van der Waals surface area contributed by atoms with E-state index in [1.807, 2.05) is 26.0 Å². The largest absolute Gasteiger partial charge is 0.510 e. The van der Waals surface area contributed by atoms with Gasteiger partial charge in [-0.3, -0.25) is 0 Å². The molecular formula is C12H14N4O. The van der Waals surface area contributed by atoms with E-state index >= 15 is 0 Å². The van der Waals surface area contributed by atoms with Crippen molar-refractivity contribution in [2.24, 2.45) is 0 Å². The number of aryl methyl sites for hydroxylation is 1. The van der Waals surface area contributed by atoms with E-state index in [1.165, 1.54) is 6.33 Å². The highest BCUT2D eigenvalue weighted by Gasteiger charge is 2.04. The molecule has 0 fully saturated rings. The predicted molar refractivity (Wildman–Crippen MR) is 65.0 cm³/mol. The van der Waals surface area contributed by atoms with Gasteiger partial charge in [0.05, 0.1) is 5.69 Å². The molecule has 2 aromatic rings. The van der Waals surface area contributed by atoms with Crippen molar-refractivity contribution in [3.63, 3.8) is 0 Å². The Morgan fingerprint density at radius 1 is 1.47 bits per heavy atom. The van der Waals surface area contributed by atoms with Crippen molar-refractivity contribution in [3.05, 3.63) is 35.0 Å². The van der Waals surface area contributed by atoms with E-state index < -0.39 is 0 Å². The number of aliphatic hydroxyl groups is 1. The molecule has 0 aliphatic carbocycles. The van der Waals surface area contributed by atoms with E-state index in [1.54, 1.807) is 17.9 Å². The minimum atomic E-state index is 0.197. The Morgan fingerprint density at radius 3 is 2.76 bits per heavy atom. The lowest BCUT2D eigenvalue weighted by atomic mass is 10.2. The molecule has 0 radical (unpaired) electrons. The molecule has 0 atom stereocenters. The summed E-state index contributed by atoms with van der Waals surface area (Å²) in [5, 5.41) is 15.2. The summed E-state index contributed by atoms with van der Waals surface area (Å²) in [6, 6.07) is 1.91. The van der Waals surface area contributed by atoms with E-state index in [0.717, 1.165) is 16.6 Å². The first-order valence-electron chi connectivity index (χ1n) is 5.32. The number of hydrogen-bond donors (Lipinski definition) is 1. The fourth-order valence-corrected chi connectivity index (χ4v) is 1.75. The van der Waals surface area contributed by atoms with Crippen LogP contribution >= 0.6 is 0 Å². The van der Waals surface area contributed by atoms with E-state index in [4.69, 9.17) is 0 Å². The number of pyridine rings is 1. The lowest BCUT2D eigenvalue weighted by Crippen LogP contribution is -2.34. The van der Waals surface area contributed by atoms with Crippen LogP contribution in [0, 0.1) is 6.92 Å². The molecule has 0 aliphatic heterocycles. The van der Waals surface area contributed by atoms with Crippen molar-refractivity contribution in [1.82, 2.24) is 19.7 Å². The van der Waals surface area contributed by atoms with E-state index in [0.29, 0.717) is 5.35 Å². The fraction of sp³-hybridized carbons (Fsp3) is 0.250. The van der Waals surface area contributed by atoms with Crippen LogP contribution in [0.5, 0.6) is 0 Å². The second-order valence-corrected chi connectivity index (χ2v) is 3.76. The van der Waals surface area contributed by atoms with Crippen LogP contribution in [-0.4, -0.2) is 24.9 Å². The van der Waals surface area contributed by atoms with Crippen LogP contribution in [0.1, 0.15) is 19.5 Å². The maximum Gasteiger partial charge on any atom is 0.138 e. The average molecular weight is 230 g/mol. The Bertz CT molecular complexity index is 640. The molecule has 5 nitrogen and oxygen atoms in total. The zero-order chi connectivity index (χ0) is 12.4. The second kappa shape index (κ2) is 4.37. The fourth-order valence-electron chi connectivity index (χ4n) is 1.75. The zero-order valence-corrected chi connectivity index (χ0v) is 10.0. The maximum absolute atomic E-state index is 9.67. The molecular weight excluding hydrogens is 216 g/mol. The van der Waals surface area contributed by atoms with Gasteiger partial charge in [0.1, 0.15) is 23.8 Å². The number of rotatable bonds is 1. The van der Waals surface area contributed by atoms with Crippen molar-refractivity contribution < 1.29 is 5.11 Å². The highest BCUT2D eigenvalue weighted by Crippen LogP contribution is 1.99. The van der Waals surface area contributed by atoms with Gasteiger partial charge in [0, 0.05) is 10.9 Å². The third-order valence-corrected chi connectivity index (χ3v) is 2.46. The van der Waals surface area contributed by atoms with Crippen LogP contribution < -0.4 is 10.6 Å². The van der Waals surface area contributed by atoms with Gasteiger partial charge in [-0.05, 0) is 26.8 Å². The molecule has 0 aromatic carbocycles. The zero-order valence-electron chi connectivity index (χ0n) is 10.0. The molecule has 1 N–H and O–H groups in total. The molecule has 2 rings (SSSR count). The Hall–Kier alpha value is -2.17. The van der Waals surface area contributed by atoms with E-state index in [2.05, 4.69) is 15.1 Å². The normalized spacial score (nSPS) is 13.9. The summed E-state index contributed by atoms with van der Waals surface area (Å²) in [4.78, 5) is 8.26. The Balaban J connectivity index is 2.92. The van der Waals surface area contributed by atoms with Crippen molar-refractivity contribution in [1.29, 1.82) is 0 Å². The van der Waals surface area contributed by atoms with Gasteiger partial charge in [0.2, 0.25) is 0 Å². The van der Waals surface area contributed by atoms with Crippen LogP contribution in [0.25, 0.3) is 17.5 Å². The van der Waals surface area contributed by atoms with E-state index in [-0.39, 0.29) is 5.76 Å². The molecule has 5 heteroatoms. The highest BCUT2D eigenvalue weighted by atomic mass is 16.3. The van der Waals surface area contributed by atoms with Gasteiger partial charge in [0.15, 0.2) is 0 Å². The Kier molecular flexibility index (Phi) is 2.91. The molecule has 0 aliphatic rings. The smallest absolute Gasteiger partial charge is 0.138 e. The second-order valence-electron chi connectivity index (χ2n) is 3.76. The van der Waals surface area contributed by atoms with Crippen molar-refractivity contribution >= 4 is 11.8 Å². The van der Waals surface area contributed by atoms with Gasteiger partial charge in [0.25, 0.3) is 0 Å². The predicted octanol–water partition coefficient (Wildman–Crippen LogP) is 0.457. The summed E-state index contributed by atoms with van der Waals surface area (Å²) >= 11 is 0. The number of hydrogen-bond acceptors (Lipinski definition) is 4. The molecule has 2 heterocycles. The summed E-state index contributed by atoms with van der Waals surface area (Å²) in [6.07, 6.45) is 5.00. The number of aromatic nitrogens is 4. The molecule has 88 valence electrons. The first-order valence-corrected chi connectivity index (χ1v) is 5.32. The summed E-state index contributed by atoms with van der Waals surface area (Å²) in [7, 11) is 0. The quantitative estimate of drug-likeness (QED) is 0.773. The van der Waals surface area contributed by atoms with Crippen LogP contribution in [0.4, 0.5) is 0 Å². The first kappa shape index (κ1) is 11.3. The van der Waals surface area contributed by atoms with E-state index in [9.17, 15) is 5.11 Å². The van der Waals surface area contributed by atoms with Crippen LogP contribution in [-0.2, 0) is 0 Å². The summed E-state index contributed by atoms with van der Waals surface area (Å²) in [5.74, 6) is 0.197. The van der Waals surface area contributed by atoms with Crippen LogP contribution in [0.2, 0.25) is 0 Å². The molecule has 0 amide bonds. The average Bonchev–Trinajstić information content (AvgIpc) is 2.81. The van der Waals surface area contributed by atoms with Crippen LogP contribution in [0.15, 0.2) is 18.7 Å². The molecule has 0 unspecified atom stereocenters. The molecule has 0 spiro atoms. The summed E-state index contributed by atoms with van der Waals surface area (Å²) in [6.45, 7) is 5.41.